The summed E-state index contributed by atoms with van der Waals surface area (Å²) in [4.78, 5) is 24.4. The summed E-state index contributed by atoms with van der Waals surface area (Å²) in [5.74, 6) is -0.649. The van der Waals surface area contributed by atoms with E-state index in [4.69, 9.17) is 9.47 Å². The Morgan fingerprint density at radius 1 is 1.32 bits per heavy atom. The molecule has 1 aromatic carbocycles. The first-order chi connectivity index (χ1) is 12.0. The first-order valence-electron chi connectivity index (χ1n) is 8.40. The highest BCUT2D eigenvalue weighted by Crippen LogP contribution is 2.41. The fraction of sp³-hybridized carbons (Fsp3) is 0.474. The summed E-state index contributed by atoms with van der Waals surface area (Å²) in [5, 5.41) is 12.0. The number of methoxy groups -OCH3 is 1. The molecule has 1 fully saturated rings. The van der Waals surface area contributed by atoms with Crippen LogP contribution in [0.3, 0.4) is 0 Å². The molecular weight excluding hydrogens is 322 g/mol. The molecule has 0 heterocycles. The SMILES string of the molecule is C=CCOCC(NC(=O)C1(c2ccc(OC)cc2)CCCC1)C(=O)O. The van der Waals surface area contributed by atoms with Gasteiger partial charge >= 0.3 is 5.97 Å². The van der Waals surface area contributed by atoms with Crippen LogP contribution in [0.15, 0.2) is 36.9 Å². The van der Waals surface area contributed by atoms with E-state index in [0.717, 1.165) is 24.2 Å². The van der Waals surface area contributed by atoms with Gasteiger partial charge in [-0.1, -0.05) is 31.1 Å². The molecule has 1 amide bonds. The predicted octanol–water partition coefficient (Wildman–Crippen LogP) is 2.28. The highest BCUT2D eigenvalue weighted by molar-refractivity contribution is 5.92. The van der Waals surface area contributed by atoms with E-state index < -0.39 is 17.4 Å². The standard InChI is InChI=1S/C19H25NO5/c1-3-12-25-13-16(17(21)22)20-18(23)19(10-4-5-11-19)14-6-8-15(24-2)9-7-14/h3,6-9,16H,1,4-5,10-13H2,2H3,(H,20,23)(H,21,22). The molecule has 1 aliphatic carbocycles. The zero-order valence-corrected chi connectivity index (χ0v) is 14.5. The van der Waals surface area contributed by atoms with Crippen molar-refractivity contribution in [1.29, 1.82) is 0 Å². The fourth-order valence-electron chi connectivity index (χ4n) is 3.28. The van der Waals surface area contributed by atoms with E-state index in [1.165, 1.54) is 6.08 Å². The average Bonchev–Trinajstić information content (AvgIpc) is 3.12. The zero-order valence-electron chi connectivity index (χ0n) is 14.5. The van der Waals surface area contributed by atoms with Crippen molar-refractivity contribution < 1.29 is 24.2 Å². The van der Waals surface area contributed by atoms with E-state index >= 15 is 0 Å². The number of aliphatic carboxylic acids is 1. The molecule has 1 aromatic rings. The number of amides is 1. The van der Waals surface area contributed by atoms with E-state index in [1.54, 1.807) is 7.11 Å². The maximum absolute atomic E-state index is 13.0. The molecule has 2 N–H and O–H groups in total. The largest absolute Gasteiger partial charge is 0.497 e. The Labute approximate surface area is 147 Å². The van der Waals surface area contributed by atoms with Crippen molar-refractivity contribution in [2.75, 3.05) is 20.3 Å². The summed E-state index contributed by atoms with van der Waals surface area (Å²) < 4.78 is 10.4. The smallest absolute Gasteiger partial charge is 0.328 e. The van der Waals surface area contributed by atoms with E-state index in [9.17, 15) is 14.7 Å². The normalized spacial score (nSPS) is 16.8. The van der Waals surface area contributed by atoms with Gasteiger partial charge in [0.05, 0.1) is 25.7 Å². The van der Waals surface area contributed by atoms with Gasteiger partial charge in [-0.15, -0.1) is 6.58 Å². The van der Waals surface area contributed by atoms with Gasteiger partial charge < -0.3 is 19.9 Å². The van der Waals surface area contributed by atoms with Crippen LogP contribution in [0.4, 0.5) is 0 Å². The van der Waals surface area contributed by atoms with Crippen LogP contribution in [-0.4, -0.2) is 43.3 Å². The predicted molar refractivity (Wildman–Crippen MR) is 93.7 cm³/mol. The van der Waals surface area contributed by atoms with Crippen LogP contribution in [0, 0.1) is 0 Å². The summed E-state index contributed by atoms with van der Waals surface area (Å²) in [6.07, 6.45) is 4.81. The Balaban J connectivity index is 2.18. The van der Waals surface area contributed by atoms with E-state index in [-0.39, 0.29) is 19.1 Å². The fourth-order valence-corrected chi connectivity index (χ4v) is 3.28. The first-order valence-corrected chi connectivity index (χ1v) is 8.40. The molecule has 25 heavy (non-hydrogen) atoms. The summed E-state index contributed by atoms with van der Waals surface area (Å²) in [5.41, 5.74) is 0.192. The van der Waals surface area contributed by atoms with E-state index in [1.807, 2.05) is 24.3 Å². The van der Waals surface area contributed by atoms with Gasteiger partial charge in [0.15, 0.2) is 6.04 Å². The molecule has 1 unspecified atom stereocenters. The third-order valence-corrected chi connectivity index (χ3v) is 4.66. The lowest BCUT2D eigenvalue weighted by atomic mass is 9.77. The second-order valence-electron chi connectivity index (χ2n) is 6.21. The molecule has 0 aliphatic heterocycles. The van der Waals surface area contributed by atoms with E-state index in [2.05, 4.69) is 11.9 Å². The van der Waals surface area contributed by atoms with Gasteiger partial charge in [0.25, 0.3) is 0 Å². The van der Waals surface area contributed by atoms with E-state index in [0.29, 0.717) is 12.8 Å². The maximum atomic E-state index is 13.0. The maximum Gasteiger partial charge on any atom is 0.328 e. The Morgan fingerprint density at radius 2 is 1.96 bits per heavy atom. The lowest BCUT2D eigenvalue weighted by Crippen LogP contribution is -2.51. The monoisotopic (exact) mass is 347 g/mol. The third-order valence-electron chi connectivity index (χ3n) is 4.66. The van der Waals surface area contributed by atoms with Crippen LogP contribution < -0.4 is 10.1 Å². The van der Waals surface area contributed by atoms with Crippen molar-refractivity contribution in [2.45, 2.75) is 37.1 Å². The molecule has 6 heteroatoms. The Hall–Kier alpha value is -2.34. The second-order valence-corrected chi connectivity index (χ2v) is 6.21. The topological polar surface area (TPSA) is 84.9 Å². The summed E-state index contributed by atoms with van der Waals surface area (Å²) >= 11 is 0. The number of benzene rings is 1. The molecule has 0 radical (unpaired) electrons. The number of hydrogen-bond acceptors (Lipinski definition) is 4. The average molecular weight is 347 g/mol. The number of carboxylic acids is 1. The highest BCUT2D eigenvalue weighted by atomic mass is 16.5. The third kappa shape index (κ3) is 4.39. The Kier molecular flexibility index (Phi) is 6.58. The minimum Gasteiger partial charge on any atom is -0.497 e. The molecule has 0 spiro atoms. The van der Waals surface area contributed by atoms with Gasteiger partial charge in [-0.2, -0.15) is 0 Å². The quantitative estimate of drug-likeness (QED) is 0.529. The molecule has 0 bridgehead atoms. The van der Waals surface area contributed by atoms with Crippen LogP contribution in [0.1, 0.15) is 31.2 Å². The second kappa shape index (κ2) is 8.67. The molecule has 1 aliphatic rings. The van der Waals surface area contributed by atoms with Gasteiger partial charge in [0.1, 0.15) is 5.75 Å². The van der Waals surface area contributed by atoms with Crippen molar-refractivity contribution in [3.63, 3.8) is 0 Å². The molecule has 136 valence electrons. The summed E-state index contributed by atoms with van der Waals surface area (Å²) in [7, 11) is 1.59. The van der Waals surface area contributed by atoms with Crippen LogP contribution in [0.5, 0.6) is 5.75 Å². The summed E-state index contributed by atoms with van der Waals surface area (Å²) in [6.45, 7) is 3.67. The van der Waals surface area contributed by atoms with Gasteiger partial charge in [0, 0.05) is 0 Å². The van der Waals surface area contributed by atoms with Crippen LogP contribution in [0.2, 0.25) is 0 Å². The van der Waals surface area contributed by atoms with Crippen LogP contribution in [0.25, 0.3) is 0 Å². The molecule has 1 atom stereocenters. The Morgan fingerprint density at radius 3 is 2.48 bits per heavy atom. The van der Waals surface area contributed by atoms with Crippen molar-refractivity contribution >= 4 is 11.9 Å². The molecule has 0 aromatic heterocycles. The number of carbonyl (C=O) groups is 2. The van der Waals surface area contributed by atoms with Crippen LogP contribution >= 0.6 is 0 Å². The van der Waals surface area contributed by atoms with Gasteiger partial charge in [-0.25, -0.2) is 4.79 Å². The van der Waals surface area contributed by atoms with Gasteiger partial charge in [-0.05, 0) is 30.5 Å². The highest BCUT2D eigenvalue weighted by Gasteiger charge is 2.43. The molecule has 2 rings (SSSR count). The van der Waals surface area contributed by atoms with Crippen molar-refractivity contribution in [2.24, 2.45) is 0 Å². The molecule has 0 saturated heterocycles. The molecule has 6 nitrogen and oxygen atoms in total. The lowest BCUT2D eigenvalue weighted by Gasteiger charge is -2.30. The first kappa shape index (κ1) is 19.0. The number of carbonyl (C=O) groups excluding carboxylic acids is 1. The van der Waals surface area contributed by atoms with Crippen molar-refractivity contribution in [3.8, 4) is 5.75 Å². The lowest BCUT2D eigenvalue weighted by molar-refractivity contribution is -0.144. The number of hydrogen-bond donors (Lipinski definition) is 2. The molecular formula is C19H25NO5. The Bertz CT molecular complexity index is 605. The van der Waals surface area contributed by atoms with Crippen molar-refractivity contribution in [3.05, 3.63) is 42.5 Å². The number of nitrogens with one attached hydrogen (secondary N) is 1. The molecule has 1 saturated carbocycles. The van der Waals surface area contributed by atoms with Gasteiger partial charge in [-0.3, -0.25) is 4.79 Å². The van der Waals surface area contributed by atoms with Crippen LogP contribution in [-0.2, 0) is 19.7 Å². The zero-order chi connectivity index (χ0) is 18.3. The minimum absolute atomic E-state index is 0.0915. The summed E-state index contributed by atoms with van der Waals surface area (Å²) in [6, 6.07) is 6.33. The minimum atomic E-state index is -1.11. The number of ether oxygens (including phenoxy) is 2. The van der Waals surface area contributed by atoms with Crippen molar-refractivity contribution in [1.82, 2.24) is 5.32 Å². The van der Waals surface area contributed by atoms with Gasteiger partial charge in [0.2, 0.25) is 5.91 Å². The number of carboxylic acid groups (broad SMARTS) is 1. The number of rotatable bonds is 9.